The number of aryl methyl sites for hydroxylation is 1. The average molecular weight is 252 g/mol. The van der Waals surface area contributed by atoms with Crippen molar-refractivity contribution in [2.24, 2.45) is 0 Å². The first-order valence-electron chi connectivity index (χ1n) is 6.62. The van der Waals surface area contributed by atoms with Crippen molar-refractivity contribution < 1.29 is 0 Å². The van der Waals surface area contributed by atoms with Crippen molar-refractivity contribution >= 4 is 11.3 Å². The summed E-state index contributed by atoms with van der Waals surface area (Å²) in [5.74, 6) is 0. The van der Waals surface area contributed by atoms with E-state index < -0.39 is 0 Å². The van der Waals surface area contributed by atoms with E-state index in [0.29, 0.717) is 5.54 Å². The minimum absolute atomic E-state index is 0.435. The average Bonchev–Trinajstić information content (AvgIpc) is 2.69. The highest BCUT2D eigenvalue weighted by atomic mass is 32.1. The van der Waals surface area contributed by atoms with Crippen molar-refractivity contribution in [2.75, 3.05) is 20.6 Å². The first kappa shape index (κ1) is 13.1. The van der Waals surface area contributed by atoms with E-state index in [1.807, 2.05) is 11.3 Å². The molecule has 1 fully saturated rings. The first-order valence-corrected chi connectivity index (χ1v) is 7.44. The van der Waals surface area contributed by atoms with Crippen LogP contribution in [0.2, 0.25) is 0 Å². The van der Waals surface area contributed by atoms with Gasteiger partial charge in [0.25, 0.3) is 0 Å². The van der Waals surface area contributed by atoms with Gasteiger partial charge in [0, 0.05) is 28.4 Å². The fraction of sp³-hybridized carbons (Fsp3) is 0.714. The van der Waals surface area contributed by atoms with E-state index in [1.54, 1.807) is 0 Å². The molecule has 1 aliphatic rings. The van der Waals surface area contributed by atoms with Crippen LogP contribution >= 0.6 is 11.3 Å². The van der Waals surface area contributed by atoms with Crippen LogP contribution in [-0.2, 0) is 13.0 Å². The quantitative estimate of drug-likeness (QED) is 0.837. The van der Waals surface area contributed by atoms with Crippen LogP contribution in [0.25, 0.3) is 0 Å². The molecule has 0 spiro atoms. The number of thiophene rings is 1. The zero-order valence-corrected chi connectivity index (χ0v) is 12.1. The maximum atomic E-state index is 3.63. The Morgan fingerprint density at radius 2 is 2.00 bits per heavy atom. The van der Waals surface area contributed by atoms with Gasteiger partial charge in [0.1, 0.15) is 0 Å². The van der Waals surface area contributed by atoms with Crippen molar-refractivity contribution in [3.8, 4) is 0 Å². The highest BCUT2D eigenvalue weighted by Crippen LogP contribution is 2.35. The van der Waals surface area contributed by atoms with Crippen LogP contribution in [0.1, 0.15) is 35.9 Å². The lowest BCUT2D eigenvalue weighted by molar-refractivity contribution is 0.0599. The molecule has 0 saturated heterocycles. The van der Waals surface area contributed by atoms with E-state index in [2.05, 4.69) is 43.4 Å². The molecule has 1 aromatic heterocycles. The van der Waals surface area contributed by atoms with Crippen LogP contribution in [0.15, 0.2) is 12.1 Å². The first-order chi connectivity index (χ1) is 8.16. The van der Waals surface area contributed by atoms with Gasteiger partial charge in [-0.2, -0.15) is 0 Å². The van der Waals surface area contributed by atoms with Crippen molar-refractivity contribution in [3.63, 3.8) is 0 Å². The summed E-state index contributed by atoms with van der Waals surface area (Å²) < 4.78 is 0. The van der Waals surface area contributed by atoms with Gasteiger partial charge in [0.2, 0.25) is 0 Å². The lowest BCUT2D eigenvalue weighted by atomic mass is 9.75. The van der Waals surface area contributed by atoms with Gasteiger partial charge in [-0.15, -0.1) is 11.3 Å². The monoisotopic (exact) mass is 252 g/mol. The second-order valence-electron chi connectivity index (χ2n) is 5.30. The van der Waals surface area contributed by atoms with E-state index in [-0.39, 0.29) is 0 Å². The summed E-state index contributed by atoms with van der Waals surface area (Å²) >= 11 is 1.94. The van der Waals surface area contributed by atoms with Crippen LogP contribution in [0.4, 0.5) is 0 Å². The Kier molecular flexibility index (Phi) is 4.23. The van der Waals surface area contributed by atoms with Gasteiger partial charge in [-0.3, -0.25) is 0 Å². The highest BCUT2D eigenvalue weighted by molar-refractivity contribution is 7.11. The molecule has 1 aliphatic carbocycles. The zero-order valence-electron chi connectivity index (χ0n) is 11.3. The standard InChI is InChI=1S/C14H24N2S/c1-4-12-6-7-13(17-12)10-15-11-14(16(2)3)8-5-9-14/h6-7,15H,4-5,8-11H2,1-3H3. The van der Waals surface area contributed by atoms with Gasteiger partial charge in [-0.25, -0.2) is 0 Å². The highest BCUT2D eigenvalue weighted by Gasteiger charge is 2.38. The van der Waals surface area contributed by atoms with E-state index >= 15 is 0 Å². The van der Waals surface area contributed by atoms with Gasteiger partial charge in [0.05, 0.1) is 0 Å². The van der Waals surface area contributed by atoms with Gasteiger partial charge in [0.15, 0.2) is 0 Å². The Bertz CT molecular complexity index is 353. The molecule has 0 bridgehead atoms. The van der Waals surface area contributed by atoms with Crippen LogP contribution < -0.4 is 5.32 Å². The molecular formula is C14H24N2S. The normalized spacial score (nSPS) is 18.4. The molecule has 2 rings (SSSR count). The fourth-order valence-electron chi connectivity index (χ4n) is 2.49. The predicted octanol–water partition coefficient (Wildman–Crippen LogP) is 2.88. The Hall–Kier alpha value is -0.380. The van der Waals surface area contributed by atoms with Gasteiger partial charge < -0.3 is 10.2 Å². The number of likely N-dealkylation sites (N-methyl/N-ethyl adjacent to an activating group) is 1. The van der Waals surface area contributed by atoms with Gasteiger partial charge in [-0.05, 0) is 51.9 Å². The molecule has 1 heterocycles. The third-order valence-corrected chi connectivity index (χ3v) is 5.28. The number of nitrogens with one attached hydrogen (secondary N) is 1. The molecule has 0 aliphatic heterocycles. The second-order valence-corrected chi connectivity index (χ2v) is 6.55. The summed E-state index contributed by atoms with van der Waals surface area (Å²) in [6, 6.07) is 4.52. The molecule has 3 heteroatoms. The van der Waals surface area contributed by atoms with Crippen LogP contribution in [0.5, 0.6) is 0 Å². The van der Waals surface area contributed by atoms with Gasteiger partial charge in [-0.1, -0.05) is 6.92 Å². The molecule has 17 heavy (non-hydrogen) atoms. The molecule has 1 aromatic rings. The van der Waals surface area contributed by atoms with E-state index in [4.69, 9.17) is 0 Å². The largest absolute Gasteiger partial charge is 0.310 e. The van der Waals surface area contributed by atoms with E-state index in [9.17, 15) is 0 Å². The minimum Gasteiger partial charge on any atom is -0.310 e. The Morgan fingerprint density at radius 3 is 2.47 bits per heavy atom. The molecule has 1 saturated carbocycles. The Labute approximate surface area is 109 Å². The fourth-order valence-corrected chi connectivity index (χ4v) is 3.42. The third kappa shape index (κ3) is 2.90. The Balaban J connectivity index is 1.79. The number of hydrogen-bond donors (Lipinski definition) is 1. The number of hydrogen-bond acceptors (Lipinski definition) is 3. The van der Waals surface area contributed by atoms with Crippen molar-refractivity contribution in [2.45, 2.75) is 44.7 Å². The molecule has 0 radical (unpaired) electrons. The van der Waals surface area contributed by atoms with Crippen molar-refractivity contribution in [3.05, 3.63) is 21.9 Å². The van der Waals surface area contributed by atoms with Crippen LogP contribution in [0, 0.1) is 0 Å². The maximum Gasteiger partial charge on any atom is 0.0328 e. The summed E-state index contributed by atoms with van der Waals surface area (Å²) in [5.41, 5.74) is 0.435. The summed E-state index contributed by atoms with van der Waals surface area (Å²) in [4.78, 5) is 5.36. The molecule has 0 atom stereocenters. The summed E-state index contributed by atoms with van der Waals surface area (Å²) in [6.45, 7) is 4.37. The van der Waals surface area contributed by atoms with Crippen molar-refractivity contribution in [1.82, 2.24) is 10.2 Å². The lowest BCUT2D eigenvalue weighted by Gasteiger charge is -2.47. The predicted molar refractivity (Wildman–Crippen MR) is 75.7 cm³/mol. The lowest BCUT2D eigenvalue weighted by Crippen LogP contribution is -2.56. The topological polar surface area (TPSA) is 15.3 Å². The van der Waals surface area contributed by atoms with Crippen LogP contribution in [0.3, 0.4) is 0 Å². The Morgan fingerprint density at radius 1 is 1.29 bits per heavy atom. The number of rotatable bonds is 6. The molecule has 0 unspecified atom stereocenters. The summed E-state index contributed by atoms with van der Waals surface area (Å²) in [6.07, 6.45) is 5.24. The summed E-state index contributed by atoms with van der Waals surface area (Å²) in [5, 5.41) is 3.63. The van der Waals surface area contributed by atoms with Gasteiger partial charge >= 0.3 is 0 Å². The SMILES string of the molecule is CCc1ccc(CNCC2(N(C)C)CCC2)s1. The number of nitrogens with zero attached hydrogens (tertiary/aromatic N) is 1. The zero-order chi connectivity index (χ0) is 12.3. The third-order valence-electron chi connectivity index (χ3n) is 4.05. The molecule has 0 amide bonds. The minimum atomic E-state index is 0.435. The molecular weight excluding hydrogens is 228 g/mol. The molecule has 2 nitrogen and oxygen atoms in total. The molecule has 1 N–H and O–H groups in total. The maximum absolute atomic E-state index is 3.63. The van der Waals surface area contributed by atoms with E-state index in [0.717, 1.165) is 19.5 Å². The molecule has 96 valence electrons. The van der Waals surface area contributed by atoms with Crippen molar-refractivity contribution in [1.29, 1.82) is 0 Å². The smallest absolute Gasteiger partial charge is 0.0328 e. The van der Waals surface area contributed by atoms with E-state index in [1.165, 1.54) is 29.0 Å². The summed E-state index contributed by atoms with van der Waals surface area (Å²) in [7, 11) is 4.42. The molecule has 0 aromatic carbocycles. The second kappa shape index (κ2) is 5.51. The van der Waals surface area contributed by atoms with Crippen LogP contribution in [-0.4, -0.2) is 31.1 Å².